The summed E-state index contributed by atoms with van der Waals surface area (Å²) in [5.74, 6) is 0.523. The van der Waals surface area contributed by atoms with Crippen LogP contribution in [0.3, 0.4) is 0 Å². The Morgan fingerprint density at radius 2 is 1.88 bits per heavy atom. The molecular formula is C17H24N6O2S. The molecule has 1 atom stereocenters. The third-order valence-electron chi connectivity index (χ3n) is 4.33. The van der Waals surface area contributed by atoms with Gasteiger partial charge in [0.05, 0.1) is 23.6 Å². The summed E-state index contributed by atoms with van der Waals surface area (Å²) in [6.45, 7) is 4.35. The van der Waals surface area contributed by atoms with Gasteiger partial charge in [-0.2, -0.15) is 17.0 Å². The third kappa shape index (κ3) is 3.84. The lowest BCUT2D eigenvalue weighted by molar-refractivity contribution is 0.358. The molecule has 0 unspecified atom stereocenters. The Morgan fingerprint density at radius 1 is 1.19 bits per heavy atom. The molecule has 0 aliphatic carbocycles. The lowest BCUT2D eigenvalue weighted by atomic mass is 10.1. The van der Waals surface area contributed by atoms with E-state index in [1.54, 1.807) is 20.3 Å². The number of nitrogens with one attached hydrogen (secondary N) is 1. The van der Waals surface area contributed by atoms with Crippen molar-refractivity contribution in [1.29, 1.82) is 0 Å². The van der Waals surface area contributed by atoms with Gasteiger partial charge in [-0.05, 0) is 44.9 Å². The van der Waals surface area contributed by atoms with Crippen LogP contribution in [-0.4, -0.2) is 52.6 Å². The summed E-state index contributed by atoms with van der Waals surface area (Å²) >= 11 is 0. The summed E-state index contributed by atoms with van der Waals surface area (Å²) in [5.41, 5.74) is 3.29. The van der Waals surface area contributed by atoms with Gasteiger partial charge in [-0.1, -0.05) is 0 Å². The van der Waals surface area contributed by atoms with Crippen molar-refractivity contribution >= 4 is 21.8 Å². The van der Waals surface area contributed by atoms with Crippen molar-refractivity contribution in [2.45, 2.75) is 32.7 Å². The Labute approximate surface area is 154 Å². The maximum absolute atomic E-state index is 12.5. The Bertz CT molecular complexity index is 862. The largest absolute Gasteiger partial charge is 0.323 e. The van der Waals surface area contributed by atoms with Crippen LogP contribution in [0.2, 0.25) is 0 Å². The van der Waals surface area contributed by atoms with Crippen molar-refractivity contribution in [3.8, 4) is 0 Å². The van der Waals surface area contributed by atoms with E-state index in [1.165, 1.54) is 8.61 Å². The maximum atomic E-state index is 12.5. The number of anilines is 2. The Balaban J connectivity index is 1.79. The summed E-state index contributed by atoms with van der Waals surface area (Å²) in [7, 11) is -0.350. The molecule has 2 aromatic rings. The summed E-state index contributed by atoms with van der Waals surface area (Å²) in [5, 5.41) is 3.14. The Morgan fingerprint density at radius 3 is 2.46 bits per heavy atom. The minimum Gasteiger partial charge on any atom is -0.323 e. The minimum atomic E-state index is -3.45. The van der Waals surface area contributed by atoms with Crippen LogP contribution in [0.4, 0.5) is 11.6 Å². The fourth-order valence-electron chi connectivity index (χ4n) is 3.11. The Hall–Kier alpha value is -2.10. The van der Waals surface area contributed by atoms with E-state index in [1.807, 2.05) is 32.0 Å². The highest BCUT2D eigenvalue weighted by atomic mass is 32.2. The van der Waals surface area contributed by atoms with E-state index in [0.29, 0.717) is 12.5 Å². The van der Waals surface area contributed by atoms with Crippen LogP contribution in [0.1, 0.15) is 36.0 Å². The van der Waals surface area contributed by atoms with Crippen molar-refractivity contribution in [2.75, 3.05) is 26.0 Å². The first-order chi connectivity index (χ1) is 12.3. The van der Waals surface area contributed by atoms with Crippen LogP contribution in [0.15, 0.2) is 24.4 Å². The van der Waals surface area contributed by atoms with Gasteiger partial charge in [0, 0.05) is 32.0 Å². The molecule has 3 rings (SSSR count). The molecular weight excluding hydrogens is 352 g/mol. The molecule has 1 saturated heterocycles. The van der Waals surface area contributed by atoms with Crippen molar-refractivity contribution in [2.24, 2.45) is 0 Å². The minimum absolute atomic E-state index is 0.228. The second-order valence-corrected chi connectivity index (χ2v) is 8.72. The molecule has 0 aromatic carbocycles. The van der Waals surface area contributed by atoms with E-state index in [4.69, 9.17) is 0 Å². The molecule has 0 amide bonds. The fraction of sp³-hybridized carbons (Fsp3) is 0.471. The quantitative estimate of drug-likeness (QED) is 0.860. The van der Waals surface area contributed by atoms with Gasteiger partial charge in [0.2, 0.25) is 5.95 Å². The number of aryl methyl sites for hydroxylation is 2. The van der Waals surface area contributed by atoms with Crippen molar-refractivity contribution in [3.05, 3.63) is 41.5 Å². The number of hydrogen-bond acceptors (Lipinski definition) is 6. The van der Waals surface area contributed by atoms with Crippen LogP contribution < -0.4 is 5.32 Å². The third-order valence-corrected chi connectivity index (χ3v) is 6.28. The van der Waals surface area contributed by atoms with Crippen LogP contribution in [0, 0.1) is 13.8 Å². The molecule has 0 bridgehead atoms. The summed E-state index contributed by atoms with van der Waals surface area (Å²) in [6, 6.07) is 5.42. The van der Waals surface area contributed by atoms with Gasteiger partial charge in [0.1, 0.15) is 0 Å². The monoisotopic (exact) mass is 376 g/mol. The van der Waals surface area contributed by atoms with E-state index in [0.717, 1.165) is 35.6 Å². The van der Waals surface area contributed by atoms with E-state index in [2.05, 4.69) is 20.3 Å². The molecule has 1 aliphatic heterocycles. The zero-order chi connectivity index (χ0) is 18.9. The van der Waals surface area contributed by atoms with Crippen molar-refractivity contribution < 1.29 is 8.42 Å². The number of nitrogens with zero attached hydrogens (tertiary/aromatic N) is 5. The molecule has 9 heteroatoms. The van der Waals surface area contributed by atoms with Crippen LogP contribution >= 0.6 is 0 Å². The highest BCUT2D eigenvalue weighted by Gasteiger charge is 2.37. The SMILES string of the molecule is Cc1cc(C)nc(Nc2ccc([C@@H]3CCCN3S(=O)(=O)N(C)C)nc2)n1. The first-order valence-electron chi connectivity index (χ1n) is 8.52. The predicted octanol–water partition coefficient (Wildman–Crippen LogP) is 2.18. The van der Waals surface area contributed by atoms with Gasteiger partial charge in [-0.15, -0.1) is 0 Å². The normalized spacial score (nSPS) is 18.4. The second kappa shape index (κ2) is 7.26. The highest BCUT2D eigenvalue weighted by molar-refractivity contribution is 7.86. The topological polar surface area (TPSA) is 91.3 Å². The molecule has 140 valence electrons. The van der Waals surface area contributed by atoms with E-state index in [-0.39, 0.29) is 6.04 Å². The zero-order valence-corrected chi connectivity index (χ0v) is 16.3. The number of pyridine rings is 1. The van der Waals surface area contributed by atoms with Gasteiger partial charge in [-0.3, -0.25) is 4.98 Å². The molecule has 26 heavy (non-hydrogen) atoms. The Kier molecular flexibility index (Phi) is 5.22. The molecule has 3 heterocycles. The smallest absolute Gasteiger partial charge is 0.282 e. The molecule has 8 nitrogen and oxygen atoms in total. The predicted molar refractivity (Wildman–Crippen MR) is 100 cm³/mol. The lowest BCUT2D eigenvalue weighted by Crippen LogP contribution is -2.39. The van der Waals surface area contributed by atoms with E-state index < -0.39 is 10.2 Å². The van der Waals surface area contributed by atoms with Crippen molar-refractivity contribution in [1.82, 2.24) is 23.6 Å². The van der Waals surface area contributed by atoms with Gasteiger partial charge in [0.25, 0.3) is 10.2 Å². The number of rotatable bonds is 5. The highest BCUT2D eigenvalue weighted by Crippen LogP contribution is 2.34. The number of hydrogen-bond donors (Lipinski definition) is 1. The average molecular weight is 376 g/mol. The van der Waals surface area contributed by atoms with Gasteiger partial charge in [0.15, 0.2) is 0 Å². The van der Waals surface area contributed by atoms with E-state index in [9.17, 15) is 8.42 Å². The van der Waals surface area contributed by atoms with Gasteiger partial charge < -0.3 is 5.32 Å². The molecule has 1 N–H and O–H groups in total. The fourth-order valence-corrected chi connectivity index (χ4v) is 4.42. The second-order valence-electron chi connectivity index (χ2n) is 6.63. The van der Waals surface area contributed by atoms with Crippen LogP contribution in [-0.2, 0) is 10.2 Å². The number of aromatic nitrogens is 3. The first-order valence-corrected chi connectivity index (χ1v) is 9.91. The molecule has 0 saturated carbocycles. The lowest BCUT2D eigenvalue weighted by Gasteiger charge is -2.26. The summed E-state index contributed by atoms with van der Waals surface area (Å²) in [4.78, 5) is 13.2. The molecule has 1 aliphatic rings. The average Bonchev–Trinajstić information content (AvgIpc) is 3.05. The summed E-state index contributed by atoms with van der Waals surface area (Å²) < 4.78 is 27.7. The van der Waals surface area contributed by atoms with Crippen LogP contribution in [0.25, 0.3) is 0 Å². The summed E-state index contributed by atoms with van der Waals surface area (Å²) in [6.07, 6.45) is 3.29. The van der Waals surface area contributed by atoms with Gasteiger partial charge >= 0.3 is 0 Å². The first kappa shape index (κ1) is 18.7. The molecule has 1 fully saturated rings. The van der Waals surface area contributed by atoms with Gasteiger partial charge in [-0.25, -0.2) is 9.97 Å². The van der Waals surface area contributed by atoms with Crippen LogP contribution in [0.5, 0.6) is 0 Å². The molecule has 0 radical (unpaired) electrons. The zero-order valence-electron chi connectivity index (χ0n) is 15.5. The maximum Gasteiger partial charge on any atom is 0.282 e. The standard InChI is InChI=1S/C17H24N6O2S/c1-12-10-13(2)20-17(19-12)21-14-7-8-15(18-11-14)16-6-5-9-23(16)26(24,25)22(3)4/h7-8,10-11,16H,5-6,9H2,1-4H3,(H,19,20,21)/t16-/m0/s1. The molecule has 2 aromatic heterocycles. The molecule has 0 spiro atoms. The van der Waals surface area contributed by atoms with E-state index >= 15 is 0 Å². The van der Waals surface area contributed by atoms with Crippen molar-refractivity contribution in [3.63, 3.8) is 0 Å².